The number of ether oxygens (including phenoxy) is 1. The summed E-state index contributed by atoms with van der Waals surface area (Å²) in [5.41, 5.74) is 1.92. The minimum atomic E-state index is -1.40. The standard InChI is InChI=1S/C36H35F3N4O5/c1-34(2,3)42-16-22(30(44)20-11-24(37)25(38)13-27(20)42)32(46)48-33(47)23-17-43(35(4,5)6)28-14-29(26(39)12-21(28)31(23)45)41-15-19-9-7-8-10-36(19,40)18-41/h7-14,16-17,19H,15,18,40H2,1-6H3. The molecule has 12 heteroatoms. The fourth-order valence-electron chi connectivity index (χ4n) is 6.44. The van der Waals surface area contributed by atoms with Crippen molar-refractivity contribution in [2.75, 3.05) is 18.0 Å². The molecule has 4 aromatic rings. The number of pyridine rings is 2. The molecule has 1 fully saturated rings. The molecule has 2 atom stereocenters. The van der Waals surface area contributed by atoms with Crippen molar-refractivity contribution in [2.24, 2.45) is 11.7 Å². The minimum Gasteiger partial charge on any atom is -0.385 e. The second kappa shape index (κ2) is 11.0. The van der Waals surface area contributed by atoms with Gasteiger partial charge in [0.15, 0.2) is 11.6 Å². The van der Waals surface area contributed by atoms with Crippen molar-refractivity contribution in [2.45, 2.75) is 58.2 Å². The van der Waals surface area contributed by atoms with Gasteiger partial charge < -0.3 is 24.5 Å². The summed E-state index contributed by atoms with van der Waals surface area (Å²) in [7, 11) is 0. The van der Waals surface area contributed by atoms with E-state index in [1.165, 1.54) is 10.8 Å². The van der Waals surface area contributed by atoms with Crippen LogP contribution in [0.15, 0.2) is 70.6 Å². The van der Waals surface area contributed by atoms with Crippen molar-refractivity contribution >= 4 is 39.4 Å². The minimum absolute atomic E-state index is 0.0283. The summed E-state index contributed by atoms with van der Waals surface area (Å²) in [6.45, 7) is 11.4. The summed E-state index contributed by atoms with van der Waals surface area (Å²) >= 11 is 0. The quantitative estimate of drug-likeness (QED) is 0.228. The predicted molar refractivity (Wildman–Crippen MR) is 177 cm³/mol. The van der Waals surface area contributed by atoms with Crippen molar-refractivity contribution < 1.29 is 27.5 Å². The van der Waals surface area contributed by atoms with E-state index in [4.69, 9.17) is 10.5 Å². The van der Waals surface area contributed by atoms with Gasteiger partial charge in [0.1, 0.15) is 16.9 Å². The first-order chi connectivity index (χ1) is 22.3. The maximum atomic E-state index is 15.8. The van der Waals surface area contributed by atoms with Crippen molar-refractivity contribution in [3.05, 3.63) is 110 Å². The van der Waals surface area contributed by atoms with Gasteiger partial charge in [-0.05, 0) is 59.7 Å². The van der Waals surface area contributed by atoms with Gasteiger partial charge in [-0.2, -0.15) is 0 Å². The Labute approximate surface area is 273 Å². The molecule has 6 rings (SSSR count). The van der Waals surface area contributed by atoms with Crippen LogP contribution in [-0.2, 0) is 15.8 Å². The lowest BCUT2D eigenvalue weighted by Gasteiger charge is -2.28. The van der Waals surface area contributed by atoms with Crippen LogP contribution < -0.4 is 21.5 Å². The van der Waals surface area contributed by atoms with Crippen LogP contribution in [0, 0.1) is 23.4 Å². The number of rotatable bonds is 3. The Kier molecular flexibility index (Phi) is 7.58. The number of fused-ring (bicyclic) bond motifs is 3. The number of hydrogen-bond acceptors (Lipinski definition) is 7. The molecule has 0 saturated carbocycles. The zero-order chi connectivity index (χ0) is 35.1. The number of nitrogens with zero attached hydrogens (tertiary/aromatic N) is 3. The molecule has 250 valence electrons. The van der Waals surface area contributed by atoms with Gasteiger partial charge in [-0.3, -0.25) is 9.59 Å². The van der Waals surface area contributed by atoms with E-state index < -0.39 is 68.0 Å². The van der Waals surface area contributed by atoms with Gasteiger partial charge >= 0.3 is 11.9 Å². The summed E-state index contributed by atoms with van der Waals surface area (Å²) in [6, 6.07) is 4.14. The van der Waals surface area contributed by atoms with E-state index in [1.807, 2.05) is 50.0 Å². The first-order valence-corrected chi connectivity index (χ1v) is 15.4. The topological polar surface area (TPSA) is 117 Å². The Morgan fingerprint density at radius 2 is 1.29 bits per heavy atom. The zero-order valence-corrected chi connectivity index (χ0v) is 27.4. The van der Waals surface area contributed by atoms with E-state index in [0.29, 0.717) is 24.7 Å². The SMILES string of the molecule is CC(C)(C)n1cc(C(=O)OC(=O)c2cn(C(C)(C)C)c3cc(N4CC5C=CC=CC5(N)C4)c(F)cc3c2=O)c(=O)c2cc(F)c(F)cc21. The van der Waals surface area contributed by atoms with Crippen LogP contribution in [0.4, 0.5) is 18.9 Å². The number of aromatic nitrogens is 2. The van der Waals surface area contributed by atoms with Crippen LogP contribution in [0.5, 0.6) is 0 Å². The van der Waals surface area contributed by atoms with Crippen molar-refractivity contribution in [3.8, 4) is 0 Å². The van der Waals surface area contributed by atoms with E-state index in [1.54, 1.807) is 31.4 Å². The molecule has 1 aliphatic heterocycles. The number of halogens is 3. The van der Waals surface area contributed by atoms with Crippen LogP contribution in [-0.4, -0.2) is 39.7 Å². The molecule has 0 bridgehead atoms. The Bertz CT molecular complexity index is 2240. The highest BCUT2D eigenvalue weighted by atomic mass is 19.2. The Hall–Kier alpha value is -4.97. The Morgan fingerprint density at radius 3 is 1.81 bits per heavy atom. The molecule has 48 heavy (non-hydrogen) atoms. The number of esters is 2. The highest BCUT2D eigenvalue weighted by molar-refractivity contribution is 6.05. The largest absolute Gasteiger partial charge is 0.385 e. The van der Waals surface area contributed by atoms with E-state index in [9.17, 15) is 28.0 Å². The van der Waals surface area contributed by atoms with Gasteiger partial charge in [0.05, 0.1) is 22.3 Å². The molecule has 1 aliphatic carbocycles. The third kappa shape index (κ3) is 5.43. The summed E-state index contributed by atoms with van der Waals surface area (Å²) in [5, 5.41) is -0.423. The summed E-state index contributed by atoms with van der Waals surface area (Å²) in [6.07, 6.45) is 9.99. The summed E-state index contributed by atoms with van der Waals surface area (Å²) < 4.78 is 52.2. The van der Waals surface area contributed by atoms with E-state index in [2.05, 4.69) is 0 Å². The average molecular weight is 661 g/mol. The molecule has 2 aromatic carbocycles. The number of nitrogens with two attached hydrogens (primary N) is 1. The molecular weight excluding hydrogens is 625 g/mol. The first-order valence-electron chi connectivity index (χ1n) is 15.4. The normalized spacial score (nSPS) is 19.3. The molecule has 0 amide bonds. The maximum Gasteiger partial charge on any atom is 0.351 e. The van der Waals surface area contributed by atoms with Crippen LogP contribution >= 0.6 is 0 Å². The second-order valence-electron chi connectivity index (χ2n) is 14.5. The van der Waals surface area contributed by atoms with Gasteiger partial charge in [0.2, 0.25) is 10.9 Å². The fraction of sp³-hybridized carbons (Fsp3) is 0.333. The Morgan fingerprint density at radius 1 is 0.792 bits per heavy atom. The number of anilines is 1. The van der Waals surface area contributed by atoms with Crippen LogP contribution in [0.25, 0.3) is 21.8 Å². The third-order valence-electron chi connectivity index (χ3n) is 8.96. The van der Waals surface area contributed by atoms with E-state index in [-0.39, 0.29) is 27.9 Å². The molecule has 2 N–H and O–H groups in total. The molecule has 3 heterocycles. The summed E-state index contributed by atoms with van der Waals surface area (Å²) in [4.78, 5) is 55.6. The van der Waals surface area contributed by atoms with Gasteiger partial charge in [0, 0.05) is 59.3 Å². The third-order valence-corrected chi connectivity index (χ3v) is 8.96. The van der Waals surface area contributed by atoms with Crippen molar-refractivity contribution in [3.63, 3.8) is 0 Å². The highest BCUT2D eigenvalue weighted by Crippen LogP contribution is 2.37. The molecule has 2 aromatic heterocycles. The highest BCUT2D eigenvalue weighted by Gasteiger charge is 2.42. The van der Waals surface area contributed by atoms with Gasteiger partial charge in [-0.15, -0.1) is 0 Å². The lowest BCUT2D eigenvalue weighted by molar-refractivity contribution is 0.0395. The van der Waals surface area contributed by atoms with Crippen LogP contribution in [0.1, 0.15) is 62.3 Å². The Balaban J connectivity index is 1.42. The first kappa shape index (κ1) is 33.0. The predicted octanol–water partition coefficient (Wildman–Crippen LogP) is 5.50. The number of benzene rings is 2. The number of hydrogen-bond donors (Lipinski definition) is 1. The zero-order valence-electron chi connectivity index (χ0n) is 27.4. The van der Waals surface area contributed by atoms with Crippen molar-refractivity contribution in [1.29, 1.82) is 0 Å². The number of allylic oxidation sites excluding steroid dienone is 2. The number of carbonyl (C=O) groups is 2. The lowest BCUT2D eigenvalue weighted by atomic mass is 9.85. The second-order valence-corrected chi connectivity index (χ2v) is 14.5. The molecular formula is C36H35F3N4O5. The molecule has 9 nitrogen and oxygen atoms in total. The molecule has 2 unspecified atom stereocenters. The molecule has 0 radical (unpaired) electrons. The molecule has 1 saturated heterocycles. The molecule has 0 spiro atoms. The van der Waals surface area contributed by atoms with Crippen LogP contribution in [0.3, 0.4) is 0 Å². The average Bonchev–Trinajstić information content (AvgIpc) is 3.34. The lowest BCUT2D eigenvalue weighted by Crippen LogP contribution is -2.46. The van der Waals surface area contributed by atoms with Gasteiger partial charge in [-0.1, -0.05) is 24.3 Å². The van der Waals surface area contributed by atoms with Gasteiger partial charge in [0.25, 0.3) is 0 Å². The van der Waals surface area contributed by atoms with E-state index in [0.717, 1.165) is 18.3 Å². The molecule has 2 aliphatic rings. The number of carbonyl (C=O) groups excluding carboxylic acids is 2. The van der Waals surface area contributed by atoms with E-state index >= 15 is 4.39 Å². The van der Waals surface area contributed by atoms with Crippen LogP contribution in [0.2, 0.25) is 0 Å². The monoisotopic (exact) mass is 660 g/mol. The smallest absolute Gasteiger partial charge is 0.351 e. The maximum absolute atomic E-state index is 15.8. The van der Waals surface area contributed by atoms with Crippen molar-refractivity contribution in [1.82, 2.24) is 9.13 Å². The fourth-order valence-corrected chi connectivity index (χ4v) is 6.44. The summed E-state index contributed by atoms with van der Waals surface area (Å²) in [5.74, 6) is -5.97. The van der Waals surface area contributed by atoms with Gasteiger partial charge in [-0.25, -0.2) is 22.8 Å².